The fourth-order valence-electron chi connectivity index (χ4n) is 4.43. The van der Waals surface area contributed by atoms with Gasteiger partial charge in [0, 0.05) is 44.6 Å². The van der Waals surface area contributed by atoms with Crippen LogP contribution in [0.2, 0.25) is 0 Å². The molecule has 0 unspecified atom stereocenters. The van der Waals surface area contributed by atoms with E-state index in [0.29, 0.717) is 17.4 Å². The summed E-state index contributed by atoms with van der Waals surface area (Å²) in [4.78, 5) is 23.5. The molecule has 0 bridgehead atoms. The van der Waals surface area contributed by atoms with Crippen LogP contribution in [0.25, 0.3) is 0 Å². The van der Waals surface area contributed by atoms with Crippen LogP contribution in [0.5, 0.6) is 0 Å². The van der Waals surface area contributed by atoms with Crippen LogP contribution in [0.15, 0.2) is 0 Å². The van der Waals surface area contributed by atoms with Gasteiger partial charge in [-0.1, -0.05) is 0 Å². The molecule has 2 saturated heterocycles. The first kappa shape index (κ1) is 22.3. The molecule has 166 valence electrons. The van der Waals surface area contributed by atoms with Crippen LogP contribution in [0, 0.1) is 17.3 Å². The lowest BCUT2D eigenvalue weighted by Gasteiger charge is -2.44. The molecule has 2 aliphatic heterocycles. The van der Waals surface area contributed by atoms with Gasteiger partial charge in [-0.2, -0.15) is 13.2 Å². The first-order valence-electron chi connectivity index (χ1n) is 10.6. The van der Waals surface area contributed by atoms with E-state index in [1.54, 1.807) is 0 Å². The molecule has 0 aromatic heterocycles. The fraction of sp³-hybridized carbons (Fsp3) is 0.900. The number of carboxylic acids is 1. The van der Waals surface area contributed by atoms with Crippen molar-refractivity contribution in [1.29, 1.82) is 0 Å². The van der Waals surface area contributed by atoms with Crippen molar-refractivity contribution >= 4 is 11.9 Å². The van der Waals surface area contributed by atoms with Crippen molar-refractivity contribution in [2.45, 2.75) is 63.6 Å². The maximum atomic E-state index is 11.9. The van der Waals surface area contributed by atoms with Crippen molar-refractivity contribution in [3.05, 3.63) is 0 Å². The van der Waals surface area contributed by atoms with E-state index in [-0.39, 0.29) is 5.91 Å². The monoisotopic (exact) mass is 420 g/mol. The number of carboxylic acid groups (broad SMARTS) is 1. The molecule has 4 fully saturated rings. The van der Waals surface area contributed by atoms with Crippen molar-refractivity contribution in [3.8, 4) is 0 Å². The van der Waals surface area contributed by atoms with Crippen molar-refractivity contribution in [2.75, 3.05) is 32.8 Å². The zero-order chi connectivity index (χ0) is 21.1. The lowest BCUT2D eigenvalue weighted by atomic mass is 9.74. The van der Waals surface area contributed by atoms with Crippen molar-refractivity contribution in [2.24, 2.45) is 17.3 Å². The Labute approximate surface area is 169 Å². The summed E-state index contributed by atoms with van der Waals surface area (Å²) < 4.78 is 37.8. The highest BCUT2D eigenvalue weighted by Gasteiger charge is 2.47. The highest BCUT2D eigenvalue weighted by Crippen LogP contribution is 2.44. The van der Waals surface area contributed by atoms with Crippen LogP contribution in [-0.2, 0) is 14.3 Å². The van der Waals surface area contributed by atoms with Gasteiger partial charge in [0.1, 0.15) is 0 Å². The Bertz CT molecular complexity index is 593. The van der Waals surface area contributed by atoms with Gasteiger partial charge in [0.2, 0.25) is 5.91 Å². The summed E-state index contributed by atoms with van der Waals surface area (Å²) in [7, 11) is 0. The molecule has 29 heavy (non-hydrogen) atoms. The van der Waals surface area contributed by atoms with Gasteiger partial charge in [0.15, 0.2) is 0 Å². The van der Waals surface area contributed by atoms with E-state index in [1.165, 1.54) is 58.2 Å². The van der Waals surface area contributed by atoms with Gasteiger partial charge >= 0.3 is 12.1 Å². The third-order valence-corrected chi connectivity index (χ3v) is 6.42. The summed E-state index contributed by atoms with van der Waals surface area (Å²) in [5, 5.41) is 10.3. The van der Waals surface area contributed by atoms with Crippen LogP contribution in [0.3, 0.4) is 0 Å². The number of amides is 1. The van der Waals surface area contributed by atoms with Gasteiger partial charge in [0.25, 0.3) is 0 Å². The van der Waals surface area contributed by atoms with Gasteiger partial charge in [-0.15, -0.1) is 0 Å². The number of carbonyl (C=O) groups excluding carboxylic acids is 1. The molecule has 2 atom stereocenters. The summed E-state index contributed by atoms with van der Waals surface area (Å²) in [6.07, 6.45) is 4.92. The Morgan fingerprint density at radius 2 is 1.79 bits per heavy atom. The van der Waals surface area contributed by atoms with Crippen molar-refractivity contribution in [3.63, 3.8) is 0 Å². The smallest absolute Gasteiger partial charge is 0.475 e. The Kier molecular flexibility index (Phi) is 7.09. The molecule has 0 radical (unpaired) electrons. The molecule has 9 heteroatoms. The molecule has 1 amide bonds. The highest BCUT2D eigenvalue weighted by molar-refractivity contribution is 5.76. The van der Waals surface area contributed by atoms with E-state index in [0.717, 1.165) is 31.9 Å². The fourth-order valence-corrected chi connectivity index (χ4v) is 4.43. The minimum atomic E-state index is -5.08. The van der Waals surface area contributed by atoms with Crippen LogP contribution >= 0.6 is 0 Å². The quantitative estimate of drug-likeness (QED) is 0.662. The van der Waals surface area contributed by atoms with Gasteiger partial charge in [-0.3, -0.25) is 4.79 Å². The molecule has 2 saturated carbocycles. The number of halogens is 3. The SMILES string of the molecule is O=C(CC1CC1)NCC[C@@]12CCO[C@@H]1CCN(CC1CC1)C2.O=C(O)C(F)(F)F. The summed E-state index contributed by atoms with van der Waals surface area (Å²) >= 11 is 0. The predicted octanol–water partition coefficient (Wildman–Crippen LogP) is 2.82. The number of nitrogens with one attached hydrogen (secondary N) is 1. The number of carbonyl (C=O) groups is 2. The number of nitrogens with zero attached hydrogens (tertiary/aromatic N) is 1. The summed E-state index contributed by atoms with van der Waals surface area (Å²) in [6, 6.07) is 0. The number of piperidine rings is 1. The molecular weight excluding hydrogens is 389 g/mol. The Balaban J connectivity index is 0.000000298. The Morgan fingerprint density at radius 3 is 2.38 bits per heavy atom. The number of alkyl halides is 3. The van der Waals surface area contributed by atoms with Crippen LogP contribution in [0.1, 0.15) is 51.4 Å². The molecule has 0 spiro atoms. The van der Waals surface area contributed by atoms with Crippen molar-refractivity contribution in [1.82, 2.24) is 10.2 Å². The number of hydrogen-bond acceptors (Lipinski definition) is 4. The average Bonchev–Trinajstić information content (AvgIpc) is 3.55. The maximum Gasteiger partial charge on any atom is 0.490 e. The van der Waals surface area contributed by atoms with Gasteiger partial charge in [-0.05, 0) is 56.8 Å². The number of hydrogen-bond donors (Lipinski definition) is 2. The van der Waals surface area contributed by atoms with Crippen LogP contribution in [-0.4, -0.2) is 66.9 Å². The van der Waals surface area contributed by atoms with Gasteiger partial charge < -0.3 is 20.1 Å². The highest BCUT2D eigenvalue weighted by atomic mass is 19.4. The number of likely N-dealkylation sites (tertiary alicyclic amines) is 1. The number of aliphatic carboxylic acids is 1. The van der Waals surface area contributed by atoms with E-state index >= 15 is 0 Å². The van der Waals surface area contributed by atoms with E-state index in [1.807, 2.05) is 0 Å². The van der Waals surface area contributed by atoms with E-state index < -0.39 is 12.1 Å². The largest absolute Gasteiger partial charge is 0.490 e. The third kappa shape index (κ3) is 6.84. The Hall–Kier alpha value is -1.35. The number of fused-ring (bicyclic) bond motifs is 1. The molecule has 6 nitrogen and oxygen atoms in total. The Morgan fingerprint density at radius 1 is 1.14 bits per heavy atom. The van der Waals surface area contributed by atoms with Crippen molar-refractivity contribution < 1.29 is 32.6 Å². The first-order valence-corrected chi connectivity index (χ1v) is 10.6. The van der Waals surface area contributed by atoms with Crippen LogP contribution < -0.4 is 5.32 Å². The second kappa shape index (κ2) is 9.20. The molecule has 4 rings (SSSR count). The van der Waals surface area contributed by atoms with E-state index in [4.69, 9.17) is 14.6 Å². The molecule has 2 heterocycles. The lowest BCUT2D eigenvalue weighted by molar-refractivity contribution is -0.192. The second-order valence-corrected chi connectivity index (χ2v) is 8.99. The van der Waals surface area contributed by atoms with E-state index in [2.05, 4.69) is 10.2 Å². The molecule has 2 aliphatic carbocycles. The normalized spacial score (nSPS) is 29.6. The summed E-state index contributed by atoms with van der Waals surface area (Å²) in [6.45, 7) is 5.44. The summed E-state index contributed by atoms with van der Waals surface area (Å²) in [5.41, 5.74) is 0.306. The zero-order valence-corrected chi connectivity index (χ0v) is 16.7. The van der Waals surface area contributed by atoms with Crippen LogP contribution in [0.4, 0.5) is 13.2 Å². The first-order chi connectivity index (χ1) is 13.7. The average molecular weight is 420 g/mol. The lowest BCUT2D eigenvalue weighted by Crippen LogP contribution is -2.51. The standard InChI is InChI=1S/C18H30N2O2.C2HF3O2/c21-17(11-14-1-2-14)19-8-6-18-7-10-22-16(18)5-9-20(13-18)12-15-3-4-15;3-2(4,5)1(6)7/h14-16H,1-13H2,(H,19,21);(H,6,7)/t16-,18+;/m1./s1. The maximum absolute atomic E-state index is 11.9. The minimum absolute atomic E-state index is 0.264. The topological polar surface area (TPSA) is 78.9 Å². The molecule has 0 aromatic carbocycles. The molecule has 4 aliphatic rings. The number of rotatable bonds is 7. The predicted molar refractivity (Wildman–Crippen MR) is 99.2 cm³/mol. The number of ether oxygens (including phenoxy) is 1. The molecule has 0 aromatic rings. The third-order valence-electron chi connectivity index (χ3n) is 6.42. The minimum Gasteiger partial charge on any atom is -0.475 e. The zero-order valence-electron chi connectivity index (χ0n) is 16.7. The van der Waals surface area contributed by atoms with Gasteiger partial charge in [-0.25, -0.2) is 4.79 Å². The molecule has 2 N–H and O–H groups in total. The second-order valence-electron chi connectivity index (χ2n) is 8.99. The summed E-state index contributed by atoms with van der Waals surface area (Å²) in [5.74, 6) is -0.842. The molecular formula is C20H31F3N2O4. The van der Waals surface area contributed by atoms with Gasteiger partial charge in [0.05, 0.1) is 6.10 Å². The van der Waals surface area contributed by atoms with E-state index in [9.17, 15) is 18.0 Å².